The fourth-order valence-electron chi connectivity index (χ4n) is 2.70. The smallest absolute Gasteiger partial charge is 0.352 e. The van der Waals surface area contributed by atoms with E-state index in [0.717, 1.165) is 30.7 Å². The zero-order valence-corrected chi connectivity index (χ0v) is 13.5. The Morgan fingerprint density at radius 1 is 1.28 bits per heavy atom. The Balaban J connectivity index is 1.75. The molecule has 0 aromatic heterocycles. The van der Waals surface area contributed by atoms with Crippen LogP contribution >= 0.6 is 0 Å². The molecule has 2 amide bonds. The van der Waals surface area contributed by atoms with Crippen molar-refractivity contribution in [2.75, 3.05) is 13.1 Å². The van der Waals surface area contributed by atoms with Crippen molar-refractivity contribution < 1.29 is 22.8 Å². The molecule has 1 atom stereocenters. The van der Waals surface area contributed by atoms with Crippen LogP contribution in [0.1, 0.15) is 41.6 Å². The standard InChI is InChI=1S/C17H18F3N3O2/c18-17(19,20)13-7-5-12(6-8-13)16(25)22-9-1-4-15(24)23-10-2-3-14(23)11-21/h5-8,14H,1-4,9-10H2,(H,22,25)/t14-/m0/s1. The molecule has 0 unspecified atom stereocenters. The molecule has 134 valence electrons. The lowest BCUT2D eigenvalue weighted by Gasteiger charge is -2.19. The van der Waals surface area contributed by atoms with E-state index < -0.39 is 17.6 Å². The van der Waals surface area contributed by atoms with Gasteiger partial charge in [-0.25, -0.2) is 0 Å². The van der Waals surface area contributed by atoms with E-state index in [1.807, 2.05) is 0 Å². The molecule has 0 radical (unpaired) electrons. The van der Waals surface area contributed by atoms with E-state index in [1.54, 1.807) is 4.90 Å². The number of hydrogen-bond acceptors (Lipinski definition) is 3. The largest absolute Gasteiger partial charge is 0.416 e. The lowest BCUT2D eigenvalue weighted by atomic mass is 10.1. The number of amides is 2. The summed E-state index contributed by atoms with van der Waals surface area (Å²) in [5.41, 5.74) is -0.685. The molecule has 5 nitrogen and oxygen atoms in total. The number of alkyl halides is 3. The Labute approximate surface area is 143 Å². The third-order valence-corrected chi connectivity index (χ3v) is 4.05. The maximum atomic E-state index is 12.5. The summed E-state index contributed by atoms with van der Waals surface area (Å²) >= 11 is 0. The minimum absolute atomic E-state index is 0.118. The molecule has 0 aliphatic carbocycles. The number of nitrogens with zero attached hydrogens (tertiary/aromatic N) is 2. The van der Waals surface area contributed by atoms with Crippen molar-refractivity contribution in [1.82, 2.24) is 10.2 Å². The van der Waals surface area contributed by atoms with Gasteiger partial charge in [0.05, 0.1) is 11.6 Å². The second-order valence-electron chi connectivity index (χ2n) is 5.81. The van der Waals surface area contributed by atoms with Gasteiger partial charge in [-0.05, 0) is 43.5 Å². The lowest BCUT2D eigenvalue weighted by Crippen LogP contribution is -2.35. The Hall–Kier alpha value is -2.56. The first-order chi connectivity index (χ1) is 11.8. The van der Waals surface area contributed by atoms with Crippen molar-refractivity contribution in [3.05, 3.63) is 35.4 Å². The van der Waals surface area contributed by atoms with Crippen LogP contribution in [-0.2, 0) is 11.0 Å². The predicted molar refractivity (Wildman–Crippen MR) is 83.4 cm³/mol. The summed E-state index contributed by atoms with van der Waals surface area (Å²) in [6, 6.07) is 5.67. The summed E-state index contributed by atoms with van der Waals surface area (Å²) in [7, 11) is 0. The Bertz CT molecular complexity index is 665. The van der Waals surface area contributed by atoms with Gasteiger partial charge in [-0.15, -0.1) is 0 Å². The lowest BCUT2D eigenvalue weighted by molar-refractivity contribution is -0.137. The van der Waals surface area contributed by atoms with E-state index in [4.69, 9.17) is 5.26 Å². The normalized spacial score (nSPS) is 17.2. The second-order valence-corrected chi connectivity index (χ2v) is 5.81. The maximum Gasteiger partial charge on any atom is 0.416 e. The molecule has 0 spiro atoms. The van der Waals surface area contributed by atoms with Gasteiger partial charge in [0.1, 0.15) is 6.04 Å². The summed E-state index contributed by atoms with van der Waals surface area (Å²) in [5.74, 6) is -0.606. The predicted octanol–water partition coefficient (Wildman–Crippen LogP) is 2.73. The first-order valence-electron chi connectivity index (χ1n) is 7.97. The van der Waals surface area contributed by atoms with Gasteiger partial charge in [0.2, 0.25) is 5.91 Å². The number of rotatable bonds is 5. The van der Waals surface area contributed by atoms with Gasteiger partial charge < -0.3 is 10.2 Å². The highest BCUT2D eigenvalue weighted by Crippen LogP contribution is 2.29. The molecular formula is C17H18F3N3O2. The van der Waals surface area contributed by atoms with Crippen LogP contribution in [0, 0.1) is 11.3 Å². The molecule has 1 aromatic rings. The SMILES string of the molecule is N#C[C@@H]1CCCN1C(=O)CCCNC(=O)c1ccc(C(F)(F)F)cc1. The van der Waals surface area contributed by atoms with Crippen LogP contribution in [0.3, 0.4) is 0 Å². The minimum atomic E-state index is -4.44. The van der Waals surface area contributed by atoms with Crippen LogP contribution in [0.15, 0.2) is 24.3 Å². The summed E-state index contributed by atoms with van der Waals surface area (Å²) in [5, 5.41) is 11.5. The zero-order chi connectivity index (χ0) is 18.4. The molecule has 25 heavy (non-hydrogen) atoms. The number of halogens is 3. The van der Waals surface area contributed by atoms with Crippen LogP contribution in [0.4, 0.5) is 13.2 Å². The van der Waals surface area contributed by atoms with Crippen molar-refractivity contribution in [3.8, 4) is 6.07 Å². The summed E-state index contributed by atoms with van der Waals surface area (Å²) in [4.78, 5) is 25.4. The highest BCUT2D eigenvalue weighted by atomic mass is 19.4. The molecule has 0 saturated carbocycles. The number of nitrogens with one attached hydrogen (secondary N) is 1. The molecule has 1 aliphatic heterocycles. The molecule has 0 bridgehead atoms. The van der Waals surface area contributed by atoms with E-state index >= 15 is 0 Å². The van der Waals surface area contributed by atoms with Gasteiger partial charge in [-0.2, -0.15) is 18.4 Å². The van der Waals surface area contributed by atoms with Crippen LogP contribution < -0.4 is 5.32 Å². The average molecular weight is 353 g/mol. The van der Waals surface area contributed by atoms with Gasteiger partial charge in [0.25, 0.3) is 5.91 Å². The highest BCUT2D eigenvalue weighted by Gasteiger charge is 2.30. The van der Waals surface area contributed by atoms with Crippen molar-refractivity contribution in [1.29, 1.82) is 5.26 Å². The Morgan fingerprint density at radius 2 is 1.96 bits per heavy atom. The molecule has 8 heteroatoms. The molecule has 1 aromatic carbocycles. The second kappa shape index (κ2) is 8.01. The fraction of sp³-hybridized carbons (Fsp3) is 0.471. The van der Waals surface area contributed by atoms with E-state index in [1.165, 1.54) is 0 Å². The van der Waals surface area contributed by atoms with Crippen molar-refractivity contribution in [3.63, 3.8) is 0 Å². The van der Waals surface area contributed by atoms with Crippen LogP contribution in [0.25, 0.3) is 0 Å². The van der Waals surface area contributed by atoms with E-state index in [9.17, 15) is 22.8 Å². The first-order valence-corrected chi connectivity index (χ1v) is 7.97. The topological polar surface area (TPSA) is 73.2 Å². The van der Waals surface area contributed by atoms with Gasteiger partial charge >= 0.3 is 6.18 Å². The van der Waals surface area contributed by atoms with Crippen molar-refractivity contribution in [2.45, 2.75) is 37.9 Å². The fourth-order valence-corrected chi connectivity index (χ4v) is 2.70. The maximum absolute atomic E-state index is 12.5. The summed E-state index contributed by atoms with van der Waals surface area (Å²) in [6.45, 7) is 0.811. The third kappa shape index (κ3) is 4.95. The monoisotopic (exact) mass is 353 g/mol. The highest BCUT2D eigenvalue weighted by molar-refractivity contribution is 5.94. The third-order valence-electron chi connectivity index (χ3n) is 4.05. The molecule has 1 heterocycles. The van der Waals surface area contributed by atoms with Gasteiger partial charge in [-0.3, -0.25) is 9.59 Å². The number of carbonyl (C=O) groups is 2. The summed E-state index contributed by atoms with van der Waals surface area (Å²) in [6.07, 6.45) is -2.32. The number of benzene rings is 1. The number of nitriles is 1. The van der Waals surface area contributed by atoms with Gasteiger partial charge in [0.15, 0.2) is 0 Å². The first kappa shape index (κ1) is 18.8. The average Bonchev–Trinajstić information content (AvgIpc) is 3.06. The molecule has 1 N–H and O–H groups in total. The van der Waals surface area contributed by atoms with Crippen LogP contribution in [0.2, 0.25) is 0 Å². The zero-order valence-electron chi connectivity index (χ0n) is 13.5. The van der Waals surface area contributed by atoms with Gasteiger partial charge in [0, 0.05) is 25.1 Å². The number of likely N-dealkylation sites (tertiary alicyclic amines) is 1. The molecular weight excluding hydrogens is 335 g/mol. The quantitative estimate of drug-likeness (QED) is 0.827. The number of carbonyl (C=O) groups excluding carboxylic acids is 2. The minimum Gasteiger partial charge on any atom is -0.352 e. The van der Waals surface area contributed by atoms with Crippen molar-refractivity contribution >= 4 is 11.8 Å². The van der Waals surface area contributed by atoms with Crippen LogP contribution in [-0.4, -0.2) is 35.8 Å². The Morgan fingerprint density at radius 3 is 2.56 bits per heavy atom. The van der Waals surface area contributed by atoms with E-state index in [0.29, 0.717) is 19.4 Å². The van der Waals surface area contributed by atoms with Crippen molar-refractivity contribution in [2.24, 2.45) is 0 Å². The molecule has 1 saturated heterocycles. The van der Waals surface area contributed by atoms with Gasteiger partial charge in [-0.1, -0.05) is 0 Å². The molecule has 1 fully saturated rings. The number of hydrogen-bond donors (Lipinski definition) is 1. The van der Waals surface area contributed by atoms with Crippen LogP contribution in [0.5, 0.6) is 0 Å². The summed E-state index contributed by atoms with van der Waals surface area (Å²) < 4.78 is 37.4. The molecule has 2 rings (SSSR count). The van der Waals surface area contributed by atoms with E-state index in [-0.39, 0.29) is 30.5 Å². The van der Waals surface area contributed by atoms with E-state index in [2.05, 4.69) is 11.4 Å². The Kier molecular flexibility index (Phi) is 6.02. The molecule has 1 aliphatic rings.